The number of methoxy groups -OCH3 is 1. The van der Waals surface area contributed by atoms with Gasteiger partial charge < -0.3 is 14.7 Å². The number of hydrogen-bond acceptors (Lipinski definition) is 4. The number of hydrogen-bond donors (Lipinski definition) is 1. The lowest BCUT2D eigenvalue weighted by Gasteiger charge is -2.42. The highest BCUT2D eigenvalue weighted by atomic mass is 32.1. The number of amides is 1. The maximum absolute atomic E-state index is 12.6. The number of aliphatic carboxylic acids is 1. The summed E-state index contributed by atoms with van der Waals surface area (Å²) in [5.41, 5.74) is 0.405. The first-order valence-electron chi connectivity index (χ1n) is 7.20. The van der Waals surface area contributed by atoms with Crippen molar-refractivity contribution in [2.24, 2.45) is 0 Å². The van der Waals surface area contributed by atoms with Crippen molar-refractivity contribution in [3.05, 3.63) is 21.9 Å². The Morgan fingerprint density at radius 3 is 2.86 bits per heavy atom. The standard InChI is InChI=1S/C15H19NO4S/c1-20-15(5-2-6-15)9-12(17)16-7-3-11-10(4-8-21-11)13(16)14(18)19/h4,8,13H,2-3,5-7,9H2,1H3,(H,18,19). The minimum atomic E-state index is -0.956. The van der Waals surface area contributed by atoms with Crippen LogP contribution in [0.25, 0.3) is 0 Å². The first-order chi connectivity index (χ1) is 10.1. The summed E-state index contributed by atoms with van der Waals surface area (Å²) in [4.78, 5) is 26.8. The molecule has 2 heterocycles. The van der Waals surface area contributed by atoms with Crippen LogP contribution in [-0.4, -0.2) is 41.1 Å². The van der Waals surface area contributed by atoms with E-state index in [1.165, 1.54) is 4.90 Å². The van der Waals surface area contributed by atoms with Gasteiger partial charge in [0.25, 0.3) is 0 Å². The Morgan fingerprint density at radius 2 is 2.29 bits per heavy atom. The van der Waals surface area contributed by atoms with Crippen LogP contribution in [0.2, 0.25) is 0 Å². The molecular formula is C15H19NO4S. The number of thiophene rings is 1. The minimum Gasteiger partial charge on any atom is -0.479 e. The Hall–Kier alpha value is -1.40. The predicted molar refractivity (Wildman–Crippen MR) is 78.3 cm³/mol. The number of nitrogens with zero attached hydrogens (tertiary/aromatic N) is 1. The SMILES string of the molecule is COC1(CC(=O)N2CCc3sccc3C2C(=O)O)CCC1. The number of carbonyl (C=O) groups excluding carboxylic acids is 1. The highest BCUT2D eigenvalue weighted by Gasteiger charge is 2.43. The van der Waals surface area contributed by atoms with E-state index in [1.807, 2.05) is 11.4 Å². The van der Waals surface area contributed by atoms with Crippen LogP contribution < -0.4 is 0 Å². The van der Waals surface area contributed by atoms with Crippen LogP contribution in [0.15, 0.2) is 11.4 Å². The van der Waals surface area contributed by atoms with Crippen LogP contribution in [0.5, 0.6) is 0 Å². The third-order valence-electron chi connectivity index (χ3n) is 4.69. The van der Waals surface area contributed by atoms with E-state index in [0.717, 1.165) is 36.1 Å². The van der Waals surface area contributed by atoms with Crippen molar-refractivity contribution in [2.75, 3.05) is 13.7 Å². The lowest BCUT2D eigenvalue weighted by molar-refractivity contribution is -0.157. The van der Waals surface area contributed by atoms with Crippen molar-refractivity contribution in [2.45, 2.75) is 43.7 Å². The number of carbonyl (C=O) groups is 2. The largest absolute Gasteiger partial charge is 0.479 e. The Labute approximate surface area is 127 Å². The van der Waals surface area contributed by atoms with Gasteiger partial charge in [-0.3, -0.25) is 4.79 Å². The molecule has 0 radical (unpaired) electrons. The Balaban J connectivity index is 1.81. The fourth-order valence-electron chi connectivity index (χ4n) is 3.25. The molecule has 114 valence electrons. The zero-order valence-electron chi connectivity index (χ0n) is 12.0. The molecule has 5 nitrogen and oxygen atoms in total. The second-order valence-electron chi connectivity index (χ2n) is 5.79. The summed E-state index contributed by atoms with van der Waals surface area (Å²) in [5.74, 6) is -1.07. The summed E-state index contributed by atoms with van der Waals surface area (Å²) in [6, 6.07) is 0.981. The first kappa shape index (κ1) is 14.5. The van der Waals surface area contributed by atoms with Crippen molar-refractivity contribution in [1.29, 1.82) is 0 Å². The van der Waals surface area contributed by atoms with Gasteiger partial charge in [-0.05, 0) is 42.7 Å². The van der Waals surface area contributed by atoms with Gasteiger partial charge in [0.2, 0.25) is 5.91 Å². The summed E-state index contributed by atoms with van der Waals surface area (Å²) in [7, 11) is 1.63. The van der Waals surface area contributed by atoms with Crippen LogP contribution in [0.1, 0.15) is 42.2 Å². The molecule has 2 aliphatic rings. The molecule has 21 heavy (non-hydrogen) atoms. The van der Waals surface area contributed by atoms with Crippen molar-refractivity contribution in [3.63, 3.8) is 0 Å². The zero-order chi connectivity index (χ0) is 15.0. The Kier molecular flexibility index (Phi) is 3.75. The monoisotopic (exact) mass is 309 g/mol. The fraction of sp³-hybridized carbons (Fsp3) is 0.600. The summed E-state index contributed by atoms with van der Waals surface area (Å²) in [6.07, 6.45) is 3.85. The van der Waals surface area contributed by atoms with Crippen LogP contribution in [0.3, 0.4) is 0 Å². The van der Waals surface area contributed by atoms with Gasteiger partial charge in [0.1, 0.15) is 0 Å². The number of carboxylic acid groups (broad SMARTS) is 1. The molecule has 1 N–H and O–H groups in total. The number of fused-ring (bicyclic) bond motifs is 1. The molecule has 1 amide bonds. The molecular weight excluding hydrogens is 290 g/mol. The summed E-state index contributed by atoms with van der Waals surface area (Å²) < 4.78 is 5.49. The summed E-state index contributed by atoms with van der Waals surface area (Å²) in [5, 5.41) is 11.4. The van der Waals surface area contributed by atoms with Gasteiger partial charge in [-0.2, -0.15) is 0 Å². The van der Waals surface area contributed by atoms with E-state index in [4.69, 9.17) is 4.74 Å². The molecule has 1 atom stereocenters. The van der Waals surface area contributed by atoms with Crippen LogP contribution in [0.4, 0.5) is 0 Å². The Bertz CT molecular complexity index is 558. The van der Waals surface area contributed by atoms with Gasteiger partial charge in [-0.1, -0.05) is 0 Å². The molecule has 0 bridgehead atoms. The number of rotatable bonds is 4. The molecule has 1 aromatic heterocycles. The van der Waals surface area contributed by atoms with Gasteiger partial charge in [0, 0.05) is 18.5 Å². The van der Waals surface area contributed by atoms with Gasteiger partial charge in [-0.25, -0.2) is 4.79 Å². The van der Waals surface area contributed by atoms with Crippen molar-refractivity contribution in [3.8, 4) is 0 Å². The van der Waals surface area contributed by atoms with E-state index in [9.17, 15) is 14.7 Å². The molecule has 1 unspecified atom stereocenters. The average Bonchev–Trinajstić information content (AvgIpc) is 2.89. The van der Waals surface area contributed by atoms with E-state index in [2.05, 4.69) is 0 Å². The van der Waals surface area contributed by atoms with Gasteiger partial charge >= 0.3 is 5.97 Å². The van der Waals surface area contributed by atoms with E-state index in [-0.39, 0.29) is 17.9 Å². The van der Waals surface area contributed by atoms with Gasteiger partial charge in [0.15, 0.2) is 6.04 Å². The topological polar surface area (TPSA) is 66.8 Å². The predicted octanol–water partition coefficient (Wildman–Crippen LogP) is 2.22. The lowest BCUT2D eigenvalue weighted by Crippen LogP contribution is -2.48. The number of ether oxygens (including phenoxy) is 1. The normalized spacial score (nSPS) is 23.3. The average molecular weight is 309 g/mol. The van der Waals surface area contributed by atoms with Crippen molar-refractivity contribution < 1.29 is 19.4 Å². The molecule has 0 spiro atoms. The zero-order valence-corrected chi connectivity index (χ0v) is 12.8. The van der Waals surface area contributed by atoms with Crippen LogP contribution >= 0.6 is 11.3 Å². The third-order valence-corrected chi connectivity index (χ3v) is 5.69. The highest BCUT2D eigenvalue weighted by Crippen LogP contribution is 2.40. The molecule has 1 fully saturated rings. The lowest BCUT2D eigenvalue weighted by atomic mass is 9.77. The van der Waals surface area contributed by atoms with E-state index in [0.29, 0.717) is 6.54 Å². The van der Waals surface area contributed by atoms with E-state index >= 15 is 0 Å². The van der Waals surface area contributed by atoms with E-state index in [1.54, 1.807) is 18.4 Å². The van der Waals surface area contributed by atoms with E-state index < -0.39 is 12.0 Å². The van der Waals surface area contributed by atoms with Crippen LogP contribution in [0, 0.1) is 0 Å². The smallest absolute Gasteiger partial charge is 0.331 e. The highest BCUT2D eigenvalue weighted by molar-refractivity contribution is 7.10. The van der Waals surface area contributed by atoms with Gasteiger partial charge in [-0.15, -0.1) is 11.3 Å². The quantitative estimate of drug-likeness (QED) is 0.926. The molecule has 3 rings (SSSR count). The molecule has 1 aliphatic carbocycles. The van der Waals surface area contributed by atoms with Crippen molar-refractivity contribution >= 4 is 23.2 Å². The molecule has 0 saturated heterocycles. The maximum Gasteiger partial charge on any atom is 0.331 e. The van der Waals surface area contributed by atoms with Crippen LogP contribution in [-0.2, 0) is 20.7 Å². The van der Waals surface area contributed by atoms with Gasteiger partial charge in [0.05, 0.1) is 12.0 Å². The van der Waals surface area contributed by atoms with Crippen molar-refractivity contribution in [1.82, 2.24) is 4.90 Å². The second-order valence-corrected chi connectivity index (χ2v) is 6.80. The maximum atomic E-state index is 12.6. The fourth-order valence-corrected chi connectivity index (χ4v) is 4.16. The third kappa shape index (κ3) is 2.46. The minimum absolute atomic E-state index is 0.110. The molecule has 1 saturated carbocycles. The molecule has 1 aliphatic heterocycles. The second kappa shape index (κ2) is 5.42. The molecule has 1 aromatic rings. The number of carboxylic acids is 1. The first-order valence-corrected chi connectivity index (χ1v) is 8.08. The summed E-state index contributed by atoms with van der Waals surface area (Å²) in [6.45, 7) is 0.475. The Morgan fingerprint density at radius 1 is 1.52 bits per heavy atom. The molecule has 0 aromatic carbocycles. The molecule has 6 heteroatoms. The summed E-state index contributed by atoms with van der Waals surface area (Å²) >= 11 is 1.57.